The maximum Gasteiger partial charge on any atom is 0.385 e. The fraction of sp³-hybridized carbons (Fsp3) is 0. The van der Waals surface area contributed by atoms with Crippen LogP contribution in [0.4, 0.5) is 4.79 Å². The molecule has 5 nitrogen and oxygen atoms in total. The van der Waals surface area contributed by atoms with Gasteiger partial charge in [0.15, 0.2) is 11.5 Å². The molecule has 2 aromatic rings. The van der Waals surface area contributed by atoms with Crippen LogP contribution in [-0.4, -0.2) is 15.7 Å². The monoisotopic (exact) mass is 275 g/mol. The summed E-state index contributed by atoms with van der Waals surface area (Å²) in [7, 11) is 0. The van der Waals surface area contributed by atoms with Gasteiger partial charge < -0.3 is 10.5 Å². The number of nitrogens with zero attached hydrogens (tertiary/aromatic N) is 1. The highest BCUT2D eigenvalue weighted by atomic mass is 32.2. The van der Waals surface area contributed by atoms with Gasteiger partial charge in [-0.1, -0.05) is 24.3 Å². The Balaban J connectivity index is 2.19. The number of amides is 2. The van der Waals surface area contributed by atoms with Crippen molar-refractivity contribution in [2.75, 3.05) is 0 Å². The summed E-state index contributed by atoms with van der Waals surface area (Å²) in [6.07, 6.45) is 0. The Morgan fingerprint density at radius 2 is 1.53 bits per heavy atom. The lowest BCUT2D eigenvalue weighted by Crippen LogP contribution is -2.39. The molecule has 1 heterocycles. The zero-order valence-electron chi connectivity index (χ0n) is 9.82. The largest absolute Gasteiger partial charge is 0.447 e. The SMILES string of the molecule is NC(=O)N(O)[S+]1c2ccccc2Oc2ccccc21. The van der Waals surface area contributed by atoms with E-state index in [4.69, 9.17) is 10.5 Å². The summed E-state index contributed by atoms with van der Waals surface area (Å²) in [4.78, 5) is 12.7. The summed E-state index contributed by atoms with van der Waals surface area (Å²) >= 11 is -0.980. The van der Waals surface area contributed by atoms with Crippen LogP contribution >= 0.6 is 0 Å². The first kappa shape index (κ1) is 11.9. The minimum absolute atomic E-state index is 0.556. The van der Waals surface area contributed by atoms with E-state index in [0.717, 1.165) is 9.79 Å². The summed E-state index contributed by atoms with van der Waals surface area (Å²) < 4.78 is 6.31. The number of fused-ring (bicyclic) bond motifs is 2. The molecule has 3 N–H and O–H groups in total. The number of hydrogen-bond donors (Lipinski definition) is 2. The highest BCUT2D eigenvalue weighted by Gasteiger charge is 2.44. The quantitative estimate of drug-likeness (QED) is 0.477. The van der Waals surface area contributed by atoms with Gasteiger partial charge >= 0.3 is 6.03 Å². The van der Waals surface area contributed by atoms with Crippen molar-refractivity contribution in [2.24, 2.45) is 5.73 Å². The number of nitrogens with two attached hydrogens (primary N) is 1. The Kier molecular flexibility index (Phi) is 2.81. The topological polar surface area (TPSA) is 75.8 Å². The third-order valence-electron chi connectivity index (χ3n) is 2.70. The molecule has 0 saturated carbocycles. The zero-order chi connectivity index (χ0) is 13.4. The molecule has 2 aromatic carbocycles. The van der Waals surface area contributed by atoms with E-state index in [0.29, 0.717) is 16.0 Å². The maximum absolute atomic E-state index is 11.3. The van der Waals surface area contributed by atoms with Gasteiger partial charge in [0, 0.05) is 16.6 Å². The Hall–Kier alpha value is -2.18. The van der Waals surface area contributed by atoms with Crippen LogP contribution in [0.2, 0.25) is 0 Å². The minimum Gasteiger partial charge on any atom is -0.447 e. The van der Waals surface area contributed by atoms with E-state index in [2.05, 4.69) is 0 Å². The Morgan fingerprint density at radius 3 is 2.00 bits per heavy atom. The van der Waals surface area contributed by atoms with Crippen molar-refractivity contribution in [1.29, 1.82) is 0 Å². The van der Waals surface area contributed by atoms with E-state index in [-0.39, 0.29) is 0 Å². The molecular weight excluding hydrogens is 264 g/mol. The van der Waals surface area contributed by atoms with E-state index in [1.54, 1.807) is 24.3 Å². The van der Waals surface area contributed by atoms with Crippen LogP contribution in [0.25, 0.3) is 0 Å². The molecule has 19 heavy (non-hydrogen) atoms. The lowest BCUT2D eigenvalue weighted by Gasteiger charge is -2.21. The number of ether oxygens (including phenoxy) is 1. The van der Waals surface area contributed by atoms with E-state index >= 15 is 0 Å². The first-order valence-electron chi connectivity index (χ1n) is 5.57. The maximum atomic E-state index is 11.3. The molecule has 6 heteroatoms. The van der Waals surface area contributed by atoms with Crippen LogP contribution < -0.4 is 10.5 Å². The number of carbonyl (C=O) groups is 1. The minimum atomic E-state index is -0.980. The van der Waals surface area contributed by atoms with Gasteiger partial charge in [-0.15, -0.1) is 0 Å². The average molecular weight is 275 g/mol. The summed E-state index contributed by atoms with van der Waals surface area (Å²) in [5.41, 5.74) is 5.18. The zero-order valence-corrected chi connectivity index (χ0v) is 10.6. The average Bonchev–Trinajstić information content (AvgIpc) is 2.43. The van der Waals surface area contributed by atoms with Gasteiger partial charge in [0.25, 0.3) is 0 Å². The van der Waals surface area contributed by atoms with Gasteiger partial charge in [0.2, 0.25) is 20.9 Å². The Bertz CT molecular complexity index is 602. The van der Waals surface area contributed by atoms with Crippen molar-refractivity contribution in [3.63, 3.8) is 0 Å². The molecule has 0 radical (unpaired) electrons. The van der Waals surface area contributed by atoms with Crippen LogP contribution in [0.3, 0.4) is 0 Å². The number of hydroxylamine groups is 1. The summed E-state index contributed by atoms with van der Waals surface area (Å²) in [5, 5.41) is 9.96. The Labute approximate surface area is 112 Å². The number of benzene rings is 2. The number of hydrogen-bond acceptors (Lipinski definition) is 3. The molecule has 0 bridgehead atoms. The van der Waals surface area contributed by atoms with Gasteiger partial charge in [-0.3, -0.25) is 0 Å². The number of para-hydroxylation sites is 2. The first-order chi connectivity index (χ1) is 9.18. The lowest BCUT2D eigenvalue weighted by molar-refractivity contribution is 0.0529. The second-order valence-electron chi connectivity index (χ2n) is 3.89. The highest BCUT2D eigenvalue weighted by molar-refractivity contribution is 7.95. The van der Waals surface area contributed by atoms with Crippen molar-refractivity contribution in [2.45, 2.75) is 9.79 Å². The molecule has 0 spiro atoms. The second kappa shape index (κ2) is 4.49. The number of urea groups is 1. The van der Waals surface area contributed by atoms with Gasteiger partial charge in [-0.25, -0.2) is 10.0 Å². The van der Waals surface area contributed by atoms with Crippen LogP contribution in [0, 0.1) is 0 Å². The molecular formula is C13H11N2O3S+. The fourth-order valence-corrected chi connectivity index (χ4v) is 3.71. The molecule has 1 aliphatic heterocycles. The van der Waals surface area contributed by atoms with Crippen LogP contribution in [0.15, 0.2) is 58.3 Å². The lowest BCUT2D eigenvalue weighted by atomic mass is 10.3. The fourth-order valence-electron chi connectivity index (χ4n) is 1.90. The molecule has 0 aromatic heterocycles. The van der Waals surface area contributed by atoms with Crippen molar-refractivity contribution < 1.29 is 14.7 Å². The van der Waals surface area contributed by atoms with Crippen LogP contribution in [0.1, 0.15) is 0 Å². The molecule has 96 valence electrons. The molecule has 0 unspecified atom stereocenters. The molecule has 0 fully saturated rings. The first-order valence-corrected chi connectivity index (χ1v) is 6.75. The Morgan fingerprint density at radius 1 is 1.05 bits per heavy atom. The smallest absolute Gasteiger partial charge is 0.385 e. The molecule has 0 atom stereocenters. The highest BCUT2D eigenvalue weighted by Crippen LogP contribution is 2.44. The number of primary amides is 1. The summed E-state index contributed by atoms with van der Waals surface area (Å²) in [6, 6.07) is 13.6. The van der Waals surface area contributed by atoms with Crippen molar-refractivity contribution in [1.82, 2.24) is 4.47 Å². The predicted molar refractivity (Wildman–Crippen MR) is 70.1 cm³/mol. The van der Waals surface area contributed by atoms with Crippen molar-refractivity contribution >= 4 is 17.1 Å². The summed E-state index contributed by atoms with van der Waals surface area (Å²) in [6.45, 7) is 0. The number of carbonyl (C=O) groups excluding carboxylic acids is 1. The van der Waals surface area contributed by atoms with Crippen molar-refractivity contribution in [3.8, 4) is 11.5 Å². The van der Waals surface area contributed by atoms with Gasteiger partial charge in [0.1, 0.15) is 0 Å². The van der Waals surface area contributed by atoms with Crippen LogP contribution in [-0.2, 0) is 11.1 Å². The van der Waals surface area contributed by atoms with Gasteiger partial charge in [-0.2, -0.15) is 0 Å². The molecule has 1 aliphatic rings. The van der Waals surface area contributed by atoms with E-state index in [1.165, 1.54) is 0 Å². The van der Waals surface area contributed by atoms with E-state index < -0.39 is 17.1 Å². The molecule has 0 aliphatic carbocycles. The van der Waals surface area contributed by atoms with Gasteiger partial charge in [-0.05, 0) is 12.1 Å². The van der Waals surface area contributed by atoms with Crippen LogP contribution in [0.5, 0.6) is 11.5 Å². The molecule has 0 saturated heterocycles. The second-order valence-corrected chi connectivity index (χ2v) is 5.69. The van der Waals surface area contributed by atoms with E-state index in [9.17, 15) is 10.0 Å². The molecule has 3 rings (SSSR count). The standard InChI is InChI=1S/C13H10N2O3S/c14-13(16)15(17)19-11-7-3-1-5-9(11)18-10-6-2-4-8-12(10)19/h1-8,17H,(H-,14,16)/p+1. The normalized spacial score (nSPS) is 13.1. The van der Waals surface area contributed by atoms with Crippen molar-refractivity contribution in [3.05, 3.63) is 48.5 Å². The third-order valence-corrected chi connectivity index (χ3v) is 4.73. The van der Waals surface area contributed by atoms with E-state index in [1.807, 2.05) is 24.3 Å². The van der Waals surface area contributed by atoms with Gasteiger partial charge in [0.05, 0.1) is 0 Å². The number of rotatable bonds is 1. The third kappa shape index (κ3) is 1.91. The summed E-state index contributed by atoms with van der Waals surface area (Å²) in [5.74, 6) is 1.23. The molecule has 2 amide bonds. The predicted octanol–water partition coefficient (Wildman–Crippen LogP) is 2.51.